The normalized spacial score (nSPS) is 10.3. The van der Waals surface area contributed by atoms with Crippen LogP contribution in [0.3, 0.4) is 0 Å². The van der Waals surface area contributed by atoms with Gasteiger partial charge in [0.15, 0.2) is 0 Å². The summed E-state index contributed by atoms with van der Waals surface area (Å²) in [5.74, 6) is 0. The summed E-state index contributed by atoms with van der Waals surface area (Å²) in [6.07, 6.45) is 4.27. The molecule has 1 N–H and O–H groups in total. The maximum atomic E-state index is 8.13. The van der Waals surface area contributed by atoms with Crippen molar-refractivity contribution in [1.29, 1.82) is 5.41 Å². The number of nitrogens with zero attached hydrogens (tertiary/aromatic N) is 1. The Morgan fingerprint density at radius 1 is 1.35 bits per heavy atom. The molecule has 17 heavy (non-hydrogen) atoms. The van der Waals surface area contributed by atoms with Crippen molar-refractivity contribution in [2.24, 2.45) is 0 Å². The van der Waals surface area contributed by atoms with Crippen LogP contribution in [0.15, 0.2) is 30.5 Å². The van der Waals surface area contributed by atoms with Gasteiger partial charge in [0.05, 0.1) is 11.9 Å². The molecule has 1 aromatic heterocycles. The van der Waals surface area contributed by atoms with E-state index < -0.39 is 0 Å². The van der Waals surface area contributed by atoms with Crippen molar-refractivity contribution < 1.29 is 0 Å². The van der Waals surface area contributed by atoms with Crippen molar-refractivity contribution in [3.05, 3.63) is 63.4 Å². The molecule has 0 aliphatic carbocycles. The van der Waals surface area contributed by atoms with E-state index in [0.717, 1.165) is 11.1 Å². The average Bonchev–Trinajstić information content (AvgIpc) is 2.34. The summed E-state index contributed by atoms with van der Waals surface area (Å²) < 4.78 is 0. The van der Waals surface area contributed by atoms with Crippen LogP contribution in [0.1, 0.15) is 16.7 Å². The Morgan fingerprint density at radius 3 is 2.76 bits per heavy atom. The van der Waals surface area contributed by atoms with Gasteiger partial charge < -0.3 is 0 Å². The molecule has 1 radical (unpaired) electrons. The third kappa shape index (κ3) is 2.48. The minimum atomic E-state index is 0.355. The summed E-state index contributed by atoms with van der Waals surface area (Å²) in [6, 6.07) is 6.86. The molecule has 0 saturated heterocycles. The van der Waals surface area contributed by atoms with E-state index in [2.05, 4.69) is 11.2 Å². The van der Waals surface area contributed by atoms with Crippen molar-refractivity contribution in [1.82, 2.24) is 4.98 Å². The first-order valence-electron chi connectivity index (χ1n) is 4.96. The molecule has 0 aliphatic heterocycles. The Labute approximate surface area is 110 Å². The second kappa shape index (κ2) is 4.86. The van der Waals surface area contributed by atoms with E-state index in [1.165, 1.54) is 0 Å². The fraction of sp³-hybridized carbons (Fsp3) is 0.0769. The molecule has 0 aliphatic rings. The van der Waals surface area contributed by atoms with Crippen molar-refractivity contribution in [3.63, 3.8) is 0 Å². The van der Waals surface area contributed by atoms with Crippen LogP contribution in [0.4, 0.5) is 0 Å². The molecular formula is C13H9Cl2N2. The molecule has 0 unspecified atom stereocenters. The lowest BCUT2D eigenvalue weighted by molar-refractivity contribution is 1.28. The lowest BCUT2D eigenvalue weighted by Crippen LogP contribution is -2.04. The van der Waals surface area contributed by atoms with Gasteiger partial charge in [-0.05, 0) is 36.8 Å². The van der Waals surface area contributed by atoms with Crippen LogP contribution in [0, 0.1) is 18.5 Å². The molecule has 2 rings (SSSR count). The zero-order valence-electron chi connectivity index (χ0n) is 9.09. The maximum absolute atomic E-state index is 8.13. The van der Waals surface area contributed by atoms with E-state index in [0.29, 0.717) is 21.3 Å². The Bertz CT molecular complexity index is 565. The number of benzene rings is 1. The third-order valence-corrected chi connectivity index (χ3v) is 3.09. The van der Waals surface area contributed by atoms with E-state index in [9.17, 15) is 0 Å². The smallest absolute Gasteiger partial charge is 0.0886 e. The molecular weight excluding hydrogens is 255 g/mol. The van der Waals surface area contributed by atoms with Crippen LogP contribution in [-0.4, -0.2) is 10.7 Å². The first-order chi connectivity index (χ1) is 8.09. The van der Waals surface area contributed by atoms with Crippen LogP contribution in [0.5, 0.6) is 0 Å². The fourth-order valence-electron chi connectivity index (χ4n) is 1.53. The molecule has 0 spiro atoms. The Kier molecular flexibility index (Phi) is 3.46. The second-order valence-electron chi connectivity index (χ2n) is 3.61. The van der Waals surface area contributed by atoms with E-state index >= 15 is 0 Å². The number of nitrogens with one attached hydrogen (secondary N) is 1. The van der Waals surface area contributed by atoms with Crippen molar-refractivity contribution >= 4 is 28.9 Å². The summed E-state index contributed by atoms with van der Waals surface area (Å²) in [5, 5.41) is 9.22. The molecule has 0 atom stereocenters. The summed E-state index contributed by atoms with van der Waals surface area (Å²) in [4.78, 5) is 3.87. The highest BCUT2D eigenvalue weighted by Gasteiger charge is 2.11. The minimum absolute atomic E-state index is 0.355. The number of aromatic nitrogens is 1. The molecule has 2 aromatic rings. The molecule has 0 bridgehead atoms. The van der Waals surface area contributed by atoms with Gasteiger partial charge >= 0.3 is 0 Å². The summed E-state index contributed by atoms with van der Waals surface area (Å²) in [5.41, 5.74) is 2.63. The van der Waals surface area contributed by atoms with E-state index in [-0.39, 0.29) is 0 Å². The molecule has 1 aromatic carbocycles. The van der Waals surface area contributed by atoms with Crippen molar-refractivity contribution in [2.75, 3.05) is 0 Å². The average molecular weight is 264 g/mol. The number of hydrogen-bond donors (Lipinski definition) is 1. The van der Waals surface area contributed by atoms with E-state index in [1.807, 2.05) is 6.92 Å². The molecule has 0 amide bonds. The maximum Gasteiger partial charge on any atom is 0.0886 e. The zero-order chi connectivity index (χ0) is 12.4. The van der Waals surface area contributed by atoms with Gasteiger partial charge in [0, 0.05) is 27.4 Å². The summed E-state index contributed by atoms with van der Waals surface area (Å²) >= 11 is 12.0. The molecule has 0 fully saturated rings. The Balaban J connectivity index is 2.52. The molecule has 0 saturated carbocycles. The minimum Gasteiger partial charge on any atom is -0.300 e. The quantitative estimate of drug-likeness (QED) is 0.820. The van der Waals surface area contributed by atoms with Gasteiger partial charge in [-0.25, -0.2) is 0 Å². The van der Waals surface area contributed by atoms with Crippen LogP contribution >= 0.6 is 23.2 Å². The Morgan fingerprint density at radius 2 is 2.12 bits per heavy atom. The summed E-state index contributed by atoms with van der Waals surface area (Å²) in [7, 11) is 0. The SMILES string of the molecule is Cc1c(Cl)cc(Cl)cc1C(=N)c1cc[c]nc1. The Hall–Kier alpha value is -1.38. The largest absolute Gasteiger partial charge is 0.300 e. The third-order valence-electron chi connectivity index (χ3n) is 2.48. The highest BCUT2D eigenvalue weighted by atomic mass is 35.5. The molecule has 1 heterocycles. The number of hydrogen-bond acceptors (Lipinski definition) is 2. The van der Waals surface area contributed by atoms with Crippen LogP contribution in [-0.2, 0) is 0 Å². The summed E-state index contributed by atoms with van der Waals surface area (Å²) in [6.45, 7) is 1.87. The van der Waals surface area contributed by atoms with Gasteiger partial charge in [0.2, 0.25) is 0 Å². The standard InChI is InChI=1S/C13H9Cl2N2/c1-8-11(5-10(14)6-12(8)15)13(16)9-3-2-4-17-7-9/h2-3,5-7,16H,1H3. The monoisotopic (exact) mass is 263 g/mol. The molecule has 2 nitrogen and oxygen atoms in total. The number of rotatable bonds is 2. The van der Waals surface area contributed by atoms with Crippen LogP contribution < -0.4 is 0 Å². The predicted octanol–water partition coefficient (Wildman–Crippen LogP) is 3.91. The second-order valence-corrected chi connectivity index (χ2v) is 4.45. The van der Waals surface area contributed by atoms with Gasteiger partial charge in [-0.2, -0.15) is 0 Å². The van der Waals surface area contributed by atoms with Crippen LogP contribution in [0.25, 0.3) is 0 Å². The number of halogens is 2. The topological polar surface area (TPSA) is 36.7 Å². The molecule has 4 heteroatoms. The fourth-order valence-corrected chi connectivity index (χ4v) is 2.02. The van der Waals surface area contributed by atoms with Gasteiger partial charge in [-0.3, -0.25) is 10.4 Å². The van der Waals surface area contributed by atoms with Crippen LogP contribution in [0.2, 0.25) is 10.0 Å². The number of pyridine rings is 1. The predicted molar refractivity (Wildman–Crippen MR) is 70.2 cm³/mol. The van der Waals surface area contributed by atoms with Crippen molar-refractivity contribution in [3.8, 4) is 0 Å². The van der Waals surface area contributed by atoms with Crippen molar-refractivity contribution in [2.45, 2.75) is 6.92 Å². The van der Waals surface area contributed by atoms with E-state index in [4.69, 9.17) is 28.6 Å². The lowest BCUT2D eigenvalue weighted by atomic mass is 9.99. The molecule has 85 valence electrons. The van der Waals surface area contributed by atoms with Gasteiger partial charge in [0.25, 0.3) is 0 Å². The lowest BCUT2D eigenvalue weighted by Gasteiger charge is -2.09. The zero-order valence-corrected chi connectivity index (χ0v) is 10.6. The first-order valence-corrected chi connectivity index (χ1v) is 5.72. The van der Waals surface area contributed by atoms with Gasteiger partial charge in [-0.15, -0.1) is 0 Å². The van der Waals surface area contributed by atoms with Gasteiger partial charge in [-0.1, -0.05) is 23.2 Å². The van der Waals surface area contributed by atoms with Gasteiger partial charge in [0.1, 0.15) is 0 Å². The highest BCUT2D eigenvalue weighted by Crippen LogP contribution is 2.26. The van der Waals surface area contributed by atoms with E-state index in [1.54, 1.807) is 30.5 Å². The first kappa shape index (κ1) is 12.1. The highest BCUT2D eigenvalue weighted by molar-refractivity contribution is 6.36.